The molecular weight excluding hydrogens is 172 g/mol. The lowest BCUT2D eigenvalue weighted by Gasteiger charge is -2.21. The summed E-state index contributed by atoms with van der Waals surface area (Å²) in [4.78, 5) is 0. The average molecular weight is 195 g/mol. The third kappa shape index (κ3) is 6.05. The number of rotatable bonds is 8. The second-order valence-electron chi connectivity index (χ2n) is 4.07. The van der Waals surface area contributed by atoms with Crippen molar-refractivity contribution in [2.24, 2.45) is 0 Å². The van der Waals surface area contributed by atoms with Gasteiger partial charge in [0.2, 0.25) is 0 Å². The van der Waals surface area contributed by atoms with Crippen molar-refractivity contribution in [3.8, 4) is 5.92 Å². The van der Waals surface area contributed by atoms with Crippen molar-refractivity contribution in [2.75, 3.05) is 0 Å². The predicted octanol–water partition coefficient (Wildman–Crippen LogP) is 3.47. The van der Waals surface area contributed by atoms with Crippen LogP contribution in [-0.2, 0) is 0 Å². The molecular formula is C13H23O. The molecule has 0 saturated heterocycles. The fraction of sp³-hybridized carbons (Fsp3) is 0.846. The van der Waals surface area contributed by atoms with E-state index in [4.69, 9.17) is 6.42 Å². The molecule has 0 aromatic rings. The number of unbranched alkanes of at least 4 members (excludes halogenated alkanes) is 4. The highest BCUT2D eigenvalue weighted by Crippen LogP contribution is 2.21. The van der Waals surface area contributed by atoms with Crippen molar-refractivity contribution < 1.29 is 5.11 Å². The Bertz CT molecular complexity index is 157. The molecule has 0 rings (SSSR count). The van der Waals surface area contributed by atoms with Gasteiger partial charge >= 0.3 is 0 Å². The standard InChI is InChI=1S/C13H23O/c1-4-7-9-11-13(14,6-3)12-10-8-5-2/h14H,4-5,7-12H2,1-2H3. The Kier molecular flexibility index (Phi) is 7.61. The van der Waals surface area contributed by atoms with Crippen LogP contribution in [0, 0.1) is 12.3 Å². The lowest BCUT2D eigenvalue weighted by Crippen LogP contribution is -2.26. The van der Waals surface area contributed by atoms with E-state index in [0.717, 1.165) is 38.5 Å². The van der Waals surface area contributed by atoms with E-state index in [2.05, 4.69) is 19.8 Å². The molecule has 0 unspecified atom stereocenters. The first-order chi connectivity index (χ1) is 6.68. The maximum atomic E-state index is 9.97. The van der Waals surface area contributed by atoms with Crippen molar-refractivity contribution in [3.05, 3.63) is 6.42 Å². The maximum absolute atomic E-state index is 9.97. The summed E-state index contributed by atoms with van der Waals surface area (Å²) >= 11 is 0. The van der Waals surface area contributed by atoms with Crippen LogP contribution in [0.1, 0.15) is 65.2 Å². The Balaban J connectivity index is 3.75. The van der Waals surface area contributed by atoms with E-state index < -0.39 is 5.60 Å². The van der Waals surface area contributed by atoms with E-state index in [1.165, 1.54) is 0 Å². The average Bonchev–Trinajstić information content (AvgIpc) is 2.19. The van der Waals surface area contributed by atoms with Gasteiger partial charge in [0, 0.05) is 0 Å². The van der Waals surface area contributed by atoms with Gasteiger partial charge in [-0.05, 0) is 32.1 Å². The van der Waals surface area contributed by atoms with Crippen molar-refractivity contribution in [2.45, 2.75) is 70.8 Å². The molecule has 0 aromatic heterocycles. The molecule has 0 aliphatic heterocycles. The minimum Gasteiger partial charge on any atom is -0.378 e. The largest absolute Gasteiger partial charge is 0.378 e. The van der Waals surface area contributed by atoms with Crippen LogP contribution in [0.5, 0.6) is 0 Å². The van der Waals surface area contributed by atoms with Gasteiger partial charge in [-0.1, -0.05) is 45.5 Å². The molecule has 0 aliphatic carbocycles. The quantitative estimate of drug-likeness (QED) is 0.464. The van der Waals surface area contributed by atoms with Crippen LogP contribution in [-0.4, -0.2) is 10.7 Å². The van der Waals surface area contributed by atoms with E-state index in [-0.39, 0.29) is 0 Å². The zero-order valence-corrected chi connectivity index (χ0v) is 9.60. The summed E-state index contributed by atoms with van der Waals surface area (Å²) in [6, 6.07) is 0. The van der Waals surface area contributed by atoms with Gasteiger partial charge < -0.3 is 5.11 Å². The number of aliphatic hydroxyl groups is 1. The lowest BCUT2D eigenvalue weighted by molar-refractivity contribution is 0.0763. The molecule has 0 aliphatic rings. The Morgan fingerprint density at radius 3 is 1.71 bits per heavy atom. The van der Waals surface area contributed by atoms with Gasteiger partial charge in [-0.3, -0.25) is 0 Å². The molecule has 1 heteroatoms. The van der Waals surface area contributed by atoms with Gasteiger partial charge in [0.1, 0.15) is 5.60 Å². The highest BCUT2D eigenvalue weighted by atomic mass is 16.3. The summed E-state index contributed by atoms with van der Waals surface area (Å²) in [5.41, 5.74) is -0.940. The lowest BCUT2D eigenvalue weighted by atomic mass is 9.91. The van der Waals surface area contributed by atoms with Gasteiger partial charge in [0.15, 0.2) is 0 Å². The molecule has 1 radical (unpaired) electrons. The summed E-state index contributed by atoms with van der Waals surface area (Å²) < 4.78 is 0. The van der Waals surface area contributed by atoms with Crippen LogP contribution < -0.4 is 0 Å². The molecule has 0 aromatic carbocycles. The Morgan fingerprint density at radius 1 is 1.00 bits per heavy atom. The summed E-state index contributed by atoms with van der Waals surface area (Å²) in [7, 11) is 0. The van der Waals surface area contributed by atoms with Crippen LogP contribution in [0.25, 0.3) is 0 Å². The van der Waals surface area contributed by atoms with E-state index in [0.29, 0.717) is 12.8 Å². The van der Waals surface area contributed by atoms with E-state index in [1.807, 2.05) is 0 Å². The maximum Gasteiger partial charge on any atom is 0.126 e. The molecule has 0 atom stereocenters. The van der Waals surface area contributed by atoms with Gasteiger partial charge in [-0.15, -0.1) is 0 Å². The third-order valence-corrected chi connectivity index (χ3v) is 2.62. The van der Waals surface area contributed by atoms with Gasteiger partial charge in [-0.25, -0.2) is 0 Å². The van der Waals surface area contributed by atoms with E-state index >= 15 is 0 Å². The monoisotopic (exact) mass is 195 g/mol. The zero-order valence-electron chi connectivity index (χ0n) is 9.60. The third-order valence-electron chi connectivity index (χ3n) is 2.62. The molecule has 0 bridgehead atoms. The van der Waals surface area contributed by atoms with Gasteiger partial charge in [-0.2, -0.15) is 0 Å². The van der Waals surface area contributed by atoms with Crippen LogP contribution in [0.3, 0.4) is 0 Å². The van der Waals surface area contributed by atoms with Gasteiger partial charge in [0.05, 0.1) is 0 Å². The Morgan fingerprint density at radius 2 is 1.43 bits per heavy atom. The fourth-order valence-corrected chi connectivity index (χ4v) is 1.58. The molecule has 0 spiro atoms. The second kappa shape index (κ2) is 7.88. The summed E-state index contributed by atoms with van der Waals surface area (Å²) in [6.45, 7) is 4.29. The van der Waals surface area contributed by atoms with Crippen LogP contribution in [0.15, 0.2) is 0 Å². The van der Waals surface area contributed by atoms with Gasteiger partial charge in [0.25, 0.3) is 0 Å². The Labute approximate surface area is 88.9 Å². The highest BCUT2D eigenvalue weighted by molar-refractivity contribution is 5.02. The smallest absolute Gasteiger partial charge is 0.126 e. The molecule has 0 saturated carbocycles. The van der Waals surface area contributed by atoms with Crippen LogP contribution >= 0.6 is 0 Å². The first-order valence-electron chi connectivity index (χ1n) is 5.84. The van der Waals surface area contributed by atoms with Crippen LogP contribution in [0.4, 0.5) is 0 Å². The number of hydrogen-bond acceptors (Lipinski definition) is 1. The molecule has 14 heavy (non-hydrogen) atoms. The van der Waals surface area contributed by atoms with Crippen molar-refractivity contribution >= 4 is 0 Å². The SMILES string of the molecule is [C]#CC(O)(CCCCC)CCCCC. The minimum atomic E-state index is -0.940. The molecule has 81 valence electrons. The van der Waals surface area contributed by atoms with Crippen molar-refractivity contribution in [3.63, 3.8) is 0 Å². The summed E-state index contributed by atoms with van der Waals surface area (Å²) in [5.74, 6) is 2.30. The summed E-state index contributed by atoms with van der Waals surface area (Å²) in [6.07, 6.45) is 15.1. The number of hydrogen-bond donors (Lipinski definition) is 1. The summed E-state index contributed by atoms with van der Waals surface area (Å²) in [5, 5.41) is 9.97. The predicted molar refractivity (Wildman–Crippen MR) is 60.4 cm³/mol. The van der Waals surface area contributed by atoms with E-state index in [1.54, 1.807) is 0 Å². The van der Waals surface area contributed by atoms with Crippen molar-refractivity contribution in [1.29, 1.82) is 0 Å². The second-order valence-corrected chi connectivity index (χ2v) is 4.07. The normalized spacial score (nSPS) is 11.3. The van der Waals surface area contributed by atoms with Crippen molar-refractivity contribution in [1.82, 2.24) is 0 Å². The zero-order chi connectivity index (χ0) is 10.9. The molecule has 0 heterocycles. The molecule has 1 nitrogen and oxygen atoms in total. The van der Waals surface area contributed by atoms with E-state index in [9.17, 15) is 5.11 Å². The molecule has 1 N–H and O–H groups in total. The Hall–Kier alpha value is -0.480. The highest BCUT2D eigenvalue weighted by Gasteiger charge is 2.22. The van der Waals surface area contributed by atoms with Crippen LogP contribution in [0.2, 0.25) is 0 Å². The topological polar surface area (TPSA) is 20.2 Å². The first kappa shape index (κ1) is 13.5. The first-order valence-corrected chi connectivity index (χ1v) is 5.84. The molecule has 0 fully saturated rings. The fourth-order valence-electron chi connectivity index (χ4n) is 1.58. The minimum absolute atomic E-state index is 0.702. The molecule has 0 amide bonds.